The second-order valence-electron chi connectivity index (χ2n) is 4.22. The van der Waals surface area contributed by atoms with Crippen LogP contribution in [0.15, 0.2) is 24.4 Å². The molecule has 1 aromatic heterocycles. The van der Waals surface area contributed by atoms with Crippen LogP contribution in [-0.2, 0) is 5.60 Å². The molecule has 0 bridgehead atoms. The lowest BCUT2D eigenvalue weighted by molar-refractivity contribution is 0.0823. The van der Waals surface area contributed by atoms with Gasteiger partial charge in [-0.25, -0.2) is 4.98 Å². The number of rotatable bonds is 2. The second kappa shape index (κ2) is 4.58. The quantitative estimate of drug-likeness (QED) is 0.891. The predicted molar refractivity (Wildman–Crippen MR) is 72.8 cm³/mol. The lowest BCUT2D eigenvalue weighted by Crippen LogP contribution is -2.12. The molecule has 17 heavy (non-hydrogen) atoms. The molecule has 1 heterocycles. The zero-order valence-electron chi connectivity index (χ0n) is 9.37. The summed E-state index contributed by atoms with van der Waals surface area (Å²) >= 11 is 13.3. The first-order valence-electron chi connectivity index (χ1n) is 5.02. The van der Waals surface area contributed by atoms with Gasteiger partial charge >= 0.3 is 0 Å². The predicted octanol–water partition coefficient (Wildman–Crippen LogP) is 4.34. The first-order chi connectivity index (χ1) is 7.88. The van der Waals surface area contributed by atoms with E-state index in [4.69, 9.17) is 23.2 Å². The summed E-state index contributed by atoms with van der Waals surface area (Å²) in [7, 11) is 0. The van der Waals surface area contributed by atoms with E-state index in [1.54, 1.807) is 32.2 Å². The van der Waals surface area contributed by atoms with Gasteiger partial charge in [-0.05, 0) is 26.0 Å². The SMILES string of the molecule is CC(C)(O)c1cnc(-c2ccc(Cl)c(Cl)c2)s1. The van der Waals surface area contributed by atoms with Crippen molar-refractivity contribution in [1.29, 1.82) is 0 Å². The Labute approximate surface area is 114 Å². The molecule has 0 unspecified atom stereocenters. The summed E-state index contributed by atoms with van der Waals surface area (Å²) in [4.78, 5) is 5.10. The maximum Gasteiger partial charge on any atom is 0.123 e. The van der Waals surface area contributed by atoms with E-state index in [0.29, 0.717) is 10.0 Å². The van der Waals surface area contributed by atoms with E-state index in [1.165, 1.54) is 11.3 Å². The van der Waals surface area contributed by atoms with Crippen LogP contribution >= 0.6 is 34.5 Å². The third kappa shape index (κ3) is 2.80. The van der Waals surface area contributed by atoms with Crippen LogP contribution in [-0.4, -0.2) is 10.1 Å². The molecule has 1 aromatic carbocycles. The van der Waals surface area contributed by atoms with Gasteiger partial charge in [-0.3, -0.25) is 0 Å². The van der Waals surface area contributed by atoms with Gasteiger partial charge in [0.25, 0.3) is 0 Å². The van der Waals surface area contributed by atoms with Crippen molar-refractivity contribution in [2.24, 2.45) is 0 Å². The smallest absolute Gasteiger partial charge is 0.123 e. The van der Waals surface area contributed by atoms with Gasteiger partial charge in [0, 0.05) is 11.8 Å². The Balaban J connectivity index is 2.40. The lowest BCUT2D eigenvalue weighted by Gasteiger charge is -2.13. The van der Waals surface area contributed by atoms with Gasteiger partial charge in [-0.1, -0.05) is 29.3 Å². The van der Waals surface area contributed by atoms with E-state index in [-0.39, 0.29) is 0 Å². The van der Waals surface area contributed by atoms with Crippen molar-refractivity contribution in [1.82, 2.24) is 4.98 Å². The van der Waals surface area contributed by atoms with E-state index >= 15 is 0 Å². The molecule has 0 radical (unpaired) electrons. The van der Waals surface area contributed by atoms with Crippen LogP contribution in [0, 0.1) is 0 Å². The summed E-state index contributed by atoms with van der Waals surface area (Å²) in [6.07, 6.45) is 1.68. The number of halogens is 2. The standard InChI is InChI=1S/C12H11Cl2NOS/c1-12(2,16)10-6-15-11(17-10)7-3-4-8(13)9(14)5-7/h3-6,16H,1-2H3. The molecule has 2 aromatic rings. The monoisotopic (exact) mass is 287 g/mol. The van der Waals surface area contributed by atoms with Crippen LogP contribution in [0.4, 0.5) is 0 Å². The van der Waals surface area contributed by atoms with Gasteiger partial charge in [0.2, 0.25) is 0 Å². The van der Waals surface area contributed by atoms with Gasteiger partial charge < -0.3 is 5.11 Å². The maximum atomic E-state index is 9.87. The number of hydrogen-bond donors (Lipinski definition) is 1. The largest absolute Gasteiger partial charge is 0.385 e. The Morgan fingerprint density at radius 2 is 1.94 bits per heavy atom. The molecule has 0 amide bonds. The van der Waals surface area contributed by atoms with E-state index in [0.717, 1.165) is 15.4 Å². The minimum atomic E-state index is -0.869. The van der Waals surface area contributed by atoms with Gasteiger partial charge in [0.1, 0.15) is 5.01 Å². The normalized spacial score (nSPS) is 11.8. The zero-order valence-corrected chi connectivity index (χ0v) is 11.7. The minimum absolute atomic E-state index is 0.504. The summed E-state index contributed by atoms with van der Waals surface area (Å²) in [5.41, 5.74) is 0.0338. The van der Waals surface area contributed by atoms with Crippen LogP contribution in [0.3, 0.4) is 0 Å². The van der Waals surface area contributed by atoms with E-state index in [9.17, 15) is 5.11 Å². The van der Waals surface area contributed by atoms with Gasteiger partial charge in [-0.2, -0.15) is 0 Å². The van der Waals surface area contributed by atoms with Crippen LogP contribution in [0.1, 0.15) is 18.7 Å². The number of thiazole rings is 1. The Morgan fingerprint density at radius 3 is 2.47 bits per heavy atom. The van der Waals surface area contributed by atoms with Crippen molar-refractivity contribution >= 4 is 34.5 Å². The molecule has 0 saturated heterocycles. The second-order valence-corrected chi connectivity index (χ2v) is 6.06. The average Bonchev–Trinajstić information content (AvgIpc) is 2.70. The average molecular weight is 288 g/mol. The van der Waals surface area contributed by atoms with Crippen LogP contribution in [0.25, 0.3) is 10.6 Å². The maximum absolute atomic E-state index is 9.87. The molecule has 0 aliphatic heterocycles. The molecular weight excluding hydrogens is 277 g/mol. The fraction of sp³-hybridized carbons (Fsp3) is 0.250. The molecule has 2 nitrogen and oxygen atoms in total. The van der Waals surface area contributed by atoms with Crippen molar-refractivity contribution in [2.45, 2.75) is 19.4 Å². The van der Waals surface area contributed by atoms with E-state index in [1.807, 2.05) is 6.07 Å². The molecule has 0 spiro atoms. The molecule has 90 valence electrons. The highest BCUT2D eigenvalue weighted by atomic mass is 35.5. The molecule has 5 heteroatoms. The molecule has 0 saturated carbocycles. The van der Waals surface area contributed by atoms with Gasteiger partial charge in [0.15, 0.2) is 0 Å². The number of hydrogen-bond acceptors (Lipinski definition) is 3. The number of aliphatic hydroxyl groups is 1. The summed E-state index contributed by atoms with van der Waals surface area (Å²) < 4.78 is 0. The first kappa shape index (κ1) is 12.8. The van der Waals surface area contributed by atoms with Crippen molar-refractivity contribution in [3.05, 3.63) is 39.3 Å². The van der Waals surface area contributed by atoms with Crippen LogP contribution in [0.2, 0.25) is 10.0 Å². The highest BCUT2D eigenvalue weighted by Gasteiger charge is 2.19. The summed E-state index contributed by atoms with van der Waals surface area (Å²) in [5, 5.41) is 11.7. The fourth-order valence-corrected chi connectivity index (χ4v) is 2.53. The molecule has 0 aliphatic carbocycles. The molecular formula is C12H11Cl2NOS. The van der Waals surface area contributed by atoms with E-state index < -0.39 is 5.60 Å². The first-order valence-corrected chi connectivity index (χ1v) is 6.59. The van der Waals surface area contributed by atoms with Crippen molar-refractivity contribution < 1.29 is 5.11 Å². The Morgan fingerprint density at radius 1 is 1.24 bits per heavy atom. The van der Waals surface area contributed by atoms with E-state index in [2.05, 4.69) is 4.98 Å². The summed E-state index contributed by atoms with van der Waals surface area (Å²) in [6.45, 7) is 3.47. The fourth-order valence-electron chi connectivity index (χ4n) is 1.32. The highest BCUT2D eigenvalue weighted by Crippen LogP contribution is 2.34. The van der Waals surface area contributed by atoms with Crippen molar-refractivity contribution in [3.8, 4) is 10.6 Å². The molecule has 0 aliphatic rings. The van der Waals surface area contributed by atoms with Crippen molar-refractivity contribution in [2.75, 3.05) is 0 Å². The third-order valence-electron chi connectivity index (χ3n) is 2.28. The molecule has 2 rings (SSSR count). The van der Waals surface area contributed by atoms with Crippen LogP contribution in [0.5, 0.6) is 0 Å². The summed E-state index contributed by atoms with van der Waals surface area (Å²) in [6, 6.07) is 5.38. The number of nitrogens with zero attached hydrogens (tertiary/aromatic N) is 1. The minimum Gasteiger partial charge on any atom is -0.385 e. The molecule has 1 N–H and O–H groups in total. The Hall–Kier alpha value is -0.610. The van der Waals surface area contributed by atoms with Gasteiger partial charge in [0.05, 0.1) is 20.5 Å². The Kier molecular flexibility index (Phi) is 3.46. The molecule has 0 fully saturated rings. The topological polar surface area (TPSA) is 33.1 Å². The zero-order chi connectivity index (χ0) is 12.6. The highest BCUT2D eigenvalue weighted by molar-refractivity contribution is 7.15. The number of aromatic nitrogens is 1. The summed E-state index contributed by atoms with van der Waals surface area (Å²) in [5.74, 6) is 0. The Bertz CT molecular complexity index is 546. The lowest BCUT2D eigenvalue weighted by atomic mass is 10.1. The number of benzene rings is 1. The van der Waals surface area contributed by atoms with Crippen molar-refractivity contribution in [3.63, 3.8) is 0 Å². The third-order valence-corrected chi connectivity index (χ3v) is 4.37. The molecule has 0 atom stereocenters. The van der Waals surface area contributed by atoms with Gasteiger partial charge in [-0.15, -0.1) is 11.3 Å². The van der Waals surface area contributed by atoms with Crippen LogP contribution < -0.4 is 0 Å².